The van der Waals surface area contributed by atoms with Crippen molar-refractivity contribution < 1.29 is 0 Å². The Hall–Kier alpha value is -0.900. The standard InChI is InChI=1S/C10H9ClN2S/c11-8-2-1-7(4-12)9(3-8)10-5-13-6-14-10/h1-3,5-6H,4,12H2. The molecule has 14 heavy (non-hydrogen) atoms. The van der Waals surface area contributed by atoms with Crippen molar-refractivity contribution in [3.63, 3.8) is 0 Å². The van der Waals surface area contributed by atoms with Gasteiger partial charge in [0.05, 0.1) is 10.4 Å². The predicted molar refractivity (Wildman–Crippen MR) is 60.5 cm³/mol. The van der Waals surface area contributed by atoms with Crippen molar-refractivity contribution in [2.45, 2.75) is 6.54 Å². The first kappa shape index (κ1) is 9.65. The molecule has 0 fully saturated rings. The van der Waals surface area contributed by atoms with Crippen molar-refractivity contribution >= 4 is 22.9 Å². The summed E-state index contributed by atoms with van der Waals surface area (Å²) >= 11 is 7.52. The summed E-state index contributed by atoms with van der Waals surface area (Å²) in [5.74, 6) is 0. The molecule has 0 radical (unpaired) electrons. The summed E-state index contributed by atoms with van der Waals surface area (Å²) in [6, 6.07) is 5.74. The molecule has 1 heterocycles. The fourth-order valence-electron chi connectivity index (χ4n) is 1.30. The van der Waals surface area contributed by atoms with Crippen LogP contribution < -0.4 is 5.73 Å². The lowest BCUT2D eigenvalue weighted by atomic mass is 10.1. The van der Waals surface area contributed by atoms with E-state index in [0.29, 0.717) is 6.54 Å². The molecular formula is C10H9ClN2S. The Bertz CT molecular complexity index is 426. The van der Waals surface area contributed by atoms with E-state index in [9.17, 15) is 0 Å². The molecule has 2 rings (SSSR count). The van der Waals surface area contributed by atoms with Gasteiger partial charge in [0.1, 0.15) is 0 Å². The molecule has 0 amide bonds. The van der Waals surface area contributed by atoms with E-state index in [0.717, 1.165) is 21.0 Å². The fraction of sp³-hybridized carbons (Fsp3) is 0.100. The van der Waals surface area contributed by atoms with E-state index in [1.54, 1.807) is 16.8 Å². The van der Waals surface area contributed by atoms with Gasteiger partial charge in [-0.3, -0.25) is 4.98 Å². The summed E-state index contributed by atoms with van der Waals surface area (Å²) in [7, 11) is 0. The van der Waals surface area contributed by atoms with E-state index in [-0.39, 0.29) is 0 Å². The second-order valence-corrected chi connectivity index (χ2v) is 4.19. The molecule has 2 aromatic rings. The largest absolute Gasteiger partial charge is 0.326 e. The second kappa shape index (κ2) is 4.09. The van der Waals surface area contributed by atoms with Crippen LogP contribution >= 0.6 is 22.9 Å². The Morgan fingerprint density at radius 3 is 2.93 bits per heavy atom. The van der Waals surface area contributed by atoms with Crippen molar-refractivity contribution in [1.82, 2.24) is 4.98 Å². The van der Waals surface area contributed by atoms with Crippen molar-refractivity contribution in [3.05, 3.63) is 40.5 Å². The fourth-order valence-corrected chi connectivity index (χ4v) is 2.15. The van der Waals surface area contributed by atoms with Gasteiger partial charge in [0.25, 0.3) is 0 Å². The Balaban J connectivity index is 2.55. The molecule has 0 aliphatic carbocycles. The number of nitrogens with two attached hydrogens (primary N) is 1. The molecule has 1 aromatic carbocycles. The van der Waals surface area contributed by atoms with E-state index in [2.05, 4.69) is 4.98 Å². The molecule has 1 aromatic heterocycles. The highest BCUT2D eigenvalue weighted by molar-refractivity contribution is 7.13. The average molecular weight is 225 g/mol. The maximum atomic E-state index is 5.93. The van der Waals surface area contributed by atoms with Gasteiger partial charge in [-0.15, -0.1) is 11.3 Å². The Morgan fingerprint density at radius 2 is 2.29 bits per heavy atom. The van der Waals surface area contributed by atoms with E-state index in [4.69, 9.17) is 17.3 Å². The number of thiazole rings is 1. The zero-order valence-corrected chi connectivity index (χ0v) is 8.98. The molecule has 0 unspecified atom stereocenters. The van der Waals surface area contributed by atoms with Crippen LogP contribution in [0.3, 0.4) is 0 Å². The minimum atomic E-state index is 0.518. The number of halogens is 1. The zero-order valence-electron chi connectivity index (χ0n) is 7.40. The van der Waals surface area contributed by atoms with Gasteiger partial charge in [-0.25, -0.2) is 0 Å². The van der Waals surface area contributed by atoms with E-state index in [1.807, 2.05) is 24.4 Å². The normalized spacial score (nSPS) is 10.4. The van der Waals surface area contributed by atoms with E-state index < -0.39 is 0 Å². The summed E-state index contributed by atoms with van der Waals surface area (Å²) in [6.45, 7) is 0.518. The quantitative estimate of drug-likeness (QED) is 0.852. The number of hydrogen-bond acceptors (Lipinski definition) is 3. The van der Waals surface area contributed by atoms with Crippen molar-refractivity contribution in [3.8, 4) is 10.4 Å². The second-order valence-electron chi connectivity index (χ2n) is 2.87. The molecule has 0 aliphatic heterocycles. The summed E-state index contributed by atoms with van der Waals surface area (Å²) in [6.07, 6.45) is 1.83. The van der Waals surface area contributed by atoms with Crippen molar-refractivity contribution in [2.24, 2.45) is 5.73 Å². The van der Waals surface area contributed by atoms with Gasteiger partial charge in [0, 0.05) is 17.8 Å². The minimum Gasteiger partial charge on any atom is -0.326 e. The van der Waals surface area contributed by atoms with Gasteiger partial charge in [0.15, 0.2) is 0 Å². The average Bonchev–Trinajstić information content (AvgIpc) is 2.70. The first-order valence-electron chi connectivity index (χ1n) is 4.18. The monoisotopic (exact) mass is 224 g/mol. The molecule has 0 spiro atoms. The predicted octanol–water partition coefficient (Wildman–Crippen LogP) is 2.92. The number of nitrogens with zero attached hydrogens (tertiary/aromatic N) is 1. The zero-order chi connectivity index (χ0) is 9.97. The number of rotatable bonds is 2. The van der Waals surface area contributed by atoms with Crippen LogP contribution in [0.2, 0.25) is 5.02 Å². The molecule has 72 valence electrons. The Morgan fingerprint density at radius 1 is 1.43 bits per heavy atom. The summed E-state index contributed by atoms with van der Waals surface area (Å²) in [4.78, 5) is 5.14. The summed E-state index contributed by atoms with van der Waals surface area (Å²) in [5, 5.41) is 0.727. The summed E-state index contributed by atoms with van der Waals surface area (Å²) < 4.78 is 0. The SMILES string of the molecule is NCc1ccc(Cl)cc1-c1cncs1. The van der Waals surface area contributed by atoms with Crippen LogP contribution in [-0.4, -0.2) is 4.98 Å². The smallest absolute Gasteiger partial charge is 0.0797 e. The van der Waals surface area contributed by atoms with Crippen LogP contribution in [0.1, 0.15) is 5.56 Å². The lowest BCUT2D eigenvalue weighted by Gasteiger charge is -2.05. The molecule has 0 atom stereocenters. The van der Waals surface area contributed by atoms with Crippen molar-refractivity contribution in [2.75, 3.05) is 0 Å². The molecule has 2 N–H and O–H groups in total. The van der Waals surface area contributed by atoms with E-state index >= 15 is 0 Å². The number of aromatic nitrogens is 1. The van der Waals surface area contributed by atoms with Crippen LogP contribution in [-0.2, 0) is 6.54 Å². The first-order chi connectivity index (χ1) is 6.81. The van der Waals surface area contributed by atoms with Gasteiger partial charge in [0.2, 0.25) is 0 Å². The van der Waals surface area contributed by atoms with Gasteiger partial charge in [-0.1, -0.05) is 17.7 Å². The van der Waals surface area contributed by atoms with Crippen LogP contribution in [0, 0.1) is 0 Å². The van der Waals surface area contributed by atoms with Gasteiger partial charge < -0.3 is 5.73 Å². The van der Waals surface area contributed by atoms with Crippen molar-refractivity contribution in [1.29, 1.82) is 0 Å². The van der Waals surface area contributed by atoms with Crippen LogP contribution in [0.5, 0.6) is 0 Å². The lowest BCUT2D eigenvalue weighted by molar-refractivity contribution is 1.07. The highest BCUT2D eigenvalue weighted by Gasteiger charge is 2.05. The molecule has 0 bridgehead atoms. The van der Waals surface area contributed by atoms with Crippen LogP contribution in [0.15, 0.2) is 29.9 Å². The maximum Gasteiger partial charge on any atom is 0.0797 e. The van der Waals surface area contributed by atoms with Gasteiger partial charge in [-0.05, 0) is 23.3 Å². The van der Waals surface area contributed by atoms with Crippen LogP contribution in [0.4, 0.5) is 0 Å². The Kier molecular flexibility index (Phi) is 2.82. The summed E-state index contributed by atoms with van der Waals surface area (Å²) in [5.41, 5.74) is 9.63. The number of hydrogen-bond donors (Lipinski definition) is 1. The number of benzene rings is 1. The Labute approximate surface area is 91.4 Å². The van der Waals surface area contributed by atoms with E-state index in [1.165, 1.54) is 0 Å². The highest BCUT2D eigenvalue weighted by atomic mass is 35.5. The lowest BCUT2D eigenvalue weighted by Crippen LogP contribution is -1.98. The minimum absolute atomic E-state index is 0.518. The first-order valence-corrected chi connectivity index (χ1v) is 5.44. The third-order valence-corrected chi connectivity index (χ3v) is 3.03. The molecule has 0 saturated carbocycles. The van der Waals surface area contributed by atoms with Gasteiger partial charge in [-0.2, -0.15) is 0 Å². The highest BCUT2D eigenvalue weighted by Crippen LogP contribution is 2.29. The molecule has 0 aliphatic rings. The van der Waals surface area contributed by atoms with Gasteiger partial charge >= 0.3 is 0 Å². The third kappa shape index (κ3) is 1.80. The maximum absolute atomic E-state index is 5.93. The molecule has 0 saturated heterocycles. The molecule has 4 heteroatoms. The molecular weight excluding hydrogens is 216 g/mol. The third-order valence-electron chi connectivity index (χ3n) is 1.99. The topological polar surface area (TPSA) is 38.9 Å². The molecule has 2 nitrogen and oxygen atoms in total. The van der Waals surface area contributed by atoms with Crippen LogP contribution in [0.25, 0.3) is 10.4 Å².